The molecule has 0 aromatic heterocycles. The van der Waals surface area contributed by atoms with E-state index < -0.39 is 5.97 Å². The first-order valence-electron chi connectivity index (χ1n) is 10.7. The number of methoxy groups -OCH3 is 5. The van der Waals surface area contributed by atoms with Gasteiger partial charge in [0.05, 0.1) is 35.5 Å². The van der Waals surface area contributed by atoms with Crippen molar-refractivity contribution in [2.24, 2.45) is 0 Å². The predicted molar refractivity (Wildman–Crippen MR) is 136 cm³/mol. The van der Waals surface area contributed by atoms with Gasteiger partial charge in [0.15, 0.2) is 11.5 Å². The maximum atomic E-state index is 12.3. The fourth-order valence-corrected chi connectivity index (χ4v) is 3.28. The summed E-state index contributed by atoms with van der Waals surface area (Å²) >= 11 is 0. The number of rotatable bonds is 10. The average molecular weight is 477 g/mol. The van der Waals surface area contributed by atoms with Gasteiger partial charge in [-0.15, -0.1) is 0 Å². The molecular formula is C28H28O7. The molecule has 7 nitrogen and oxygen atoms in total. The molecule has 3 aromatic rings. The van der Waals surface area contributed by atoms with Crippen molar-refractivity contribution in [1.29, 1.82) is 0 Å². The zero-order valence-electron chi connectivity index (χ0n) is 20.4. The van der Waals surface area contributed by atoms with Crippen LogP contribution in [0.4, 0.5) is 0 Å². The molecule has 0 spiro atoms. The Labute approximate surface area is 205 Å². The maximum absolute atomic E-state index is 12.3. The summed E-state index contributed by atoms with van der Waals surface area (Å²) in [4.78, 5) is 12.3. The molecule has 0 atom stereocenters. The number of esters is 1. The smallest absolute Gasteiger partial charge is 0.336 e. The lowest BCUT2D eigenvalue weighted by Crippen LogP contribution is -2.03. The molecule has 0 saturated heterocycles. The summed E-state index contributed by atoms with van der Waals surface area (Å²) in [5, 5.41) is 0. The van der Waals surface area contributed by atoms with E-state index in [4.69, 9.17) is 28.4 Å². The third-order valence-electron chi connectivity index (χ3n) is 5.04. The van der Waals surface area contributed by atoms with Gasteiger partial charge in [0.2, 0.25) is 5.75 Å². The van der Waals surface area contributed by atoms with E-state index in [-0.39, 0.29) is 0 Å². The number of hydrogen-bond donors (Lipinski definition) is 0. The van der Waals surface area contributed by atoms with E-state index >= 15 is 0 Å². The van der Waals surface area contributed by atoms with E-state index in [0.717, 1.165) is 11.1 Å². The highest BCUT2D eigenvalue weighted by Gasteiger charge is 2.12. The maximum Gasteiger partial charge on any atom is 0.336 e. The Morgan fingerprint density at radius 2 is 1.11 bits per heavy atom. The van der Waals surface area contributed by atoms with Gasteiger partial charge in [0.1, 0.15) is 17.2 Å². The first kappa shape index (κ1) is 25.2. The van der Waals surface area contributed by atoms with Gasteiger partial charge < -0.3 is 28.4 Å². The molecular weight excluding hydrogens is 448 g/mol. The van der Waals surface area contributed by atoms with E-state index in [2.05, 4.69) is 0 Å². The lowest BCUT2D eigenvalue weighted by Gasteiger charge is -2.12. The summed E-state index contributed by atoms with van der Waals surface area (Å²) in [7, 11) is 7.82. The third kappa shape index (κ3) is 6.80. The molecule has 0 aliphatic carbocycles. The van der Waals surface area contributed by atoms with Crippen LogP contribution in [0.2, 0.25) is 0 Å². The molecule has 3 aromatic carbocycles. The van der Waals surface area contributed by atoms with Gasteiger partial charge in [-0.05, 0) is 59.2 Å². The molecule has 0 unspecified atom stereocenters. The molecule has 35 heavy (non-hydrogen) atoms. The molecule has 0 fully saturated rings. The van der Waals surface area contributed by atoms with E-state index in [9.17, 15) is 4.79 Å². The summed E-state index contributed by atoms with van der Waals surface area (Å²) in [6.07, 6.45) is 6.85. The third-order valence-corrected chi connectivity index (χ3v) is 5.04. The van der Waals surface area contributed by atoms with Crippen LogP contribution in [0.5, 0.6) is 34.5 Å². The molecule has 0 heterocycles. The predicted octanol–water partition coefficient (Wildman–Crippen LogP) is 5.52. The van der Waals surface area contributed by atoms with Crippen LogP contribution in [0.15, 0.2) is 60.7 Å². The minimum absolute atomic E-state index is 0.435. The van der Waals surface area contributed by atoms with E-state index in [1.165, 1.54) is 27.4 Å². The second-order valence-electron chi connectivity index (χ2n) is 7.26. The van der Waals surface area contributed by atoms with Gasteiger partial charge in [-0.1, -0.05) is 24.3 Å². The van der Waals surface area contributed by atoms with E-state index in [0.29, 0.717) is 40.1 Å². The molecule has 7 heteroatoms. The fourth-order valence-electron chi connectivity index (χ4n) is 3.28. The number of ether oxygens (including phenoxy) is 6. The van der Waals surface area contributed by atoms with Crippen LogP contribution in [-0.4, -0.2) is 41.5 Å². The quantitative estimate of drug-likeness (QED) is 0.165. The molecule has 0 amide bonds. The van der Waals surface area contributed by atoms with E-state index in [1.54, 1.807) is 44.6 Å². The van der Waals surface area contributed by atoms with Gasteiger partial charge in [-0.3, -0.25) is 0 Å². The molecule has 0 saturated carbocycles. The molecule has 0 aliphatic rings. The van der Waals surface area contributed by atoms with Crippen LogP contribution < -0.4 is 28.4 Å². The molecule has 0 N–H and O–H groups in total. The highest BCUT2D eigenvalue weighted by atomic mass is 16.5. The number of hydrogen-bond acceptors (Lipinski definition) is 7. The second-order valence-corrected chi connectivity index (χ2v) is 7.26. The summed E-state index contributed by atoms with van der Waals surface area (Å²) in [6, 6.07) is 16.3. The number of benzene rings is 3. The summed E-state index contributed by atoms with van der Waals surface area (Å²) in [5.41, 5.74) is 2.58. The molecule has 0 aliphatic heterocycles. The van der Waals surface area contributed by atoms with Gasteiger partial charge in [0, 0.05) is 12.1 Å². The Balaban J connectivity index is 1.65. The van der Waals surface area contributed by atoms with Crippen molar-refractivity contribution in [2.45, 2.75) is 0 Å². The largest absolute Gasteiger partial charge is 0.497 e. The number of carbonyl (C=O) groups is 1. The van der Waals surface area contributed by atoms with Crippen molar-refractivity contribution in [3.05, 3.63) is 77.4 Å². The minimum Gasteiger partial charge on any atom is -0.497 e. The SMILES string of the molecule is COc1cc(/C=C/c2ccc(OC(=O)/C=C/c3cc(OC)c(OC)c(OC)c3)cc2)cc(OC)c1. The monoisotopic (exact) mass is 476 g/mol. The molecule has 182 valence electrons. The fraction of sp³-hybridized carbons (Fsp3) is 0.179. The zero-order chi connectivity index (χ0) is 25.2. The summed E-state index contributed by atoms with van der Waals surface area (Å²) in [5.74, 6) is 2.83. The topological polar surface area (TPSA) is 72.5 Å². The van der Waals surface area contributed by atoms with Gasteiger partial charge in [-0.25, -0.2) is 4.79 Å². The Morgan fingerprint density at radius 3 is 1.63 bits per heavy atom. The highest BCUT2D eigenvalue weighted by Crippen LogP contribution is 2.38. The summed E-state index contributed by atoms with van der Waals surface area (Å²) < 4.78 is 32.0. The van der Waals surface area contributed by atoms with Crippen molar-refractivity contribution >= 4 is 24.2 Å². The van der Waals surface area contributed by atoms with Gasteiger partial charge in [0.25, 0.3) is 0 Å². The molecule has 0 bridgehead atoms. The van der Waals surface area contributed by atoms with Crippen LogP contribution in [0.1, 0.15) is 16.7 Å². The highest BCUT2D eigenvalue weighted by molar-refractivity contribution is 5.89. The Hall–Kier alpha value is -4.39. The van der Waals surface area contributed by atoms with Crippen LogP contribution in [-0.2, 0) is 4.79 Å². The lowest BCUT2D eigenvalue weighted by molar-refractivity contribution is -0.128. The first-order chi connectivity index (χ1) is 17.0. The second kappa shape index (κ2) is 12.2. The van der Waals surface area contributed by atoms with Crippen molar-refractivity contribution in [2.75, 3.05) is 35.5 Å². The molecule has 0 radical (unpaired) electrons. The van der Waals surface area contributed by atoms with Crippen molar-refractivity contribution in [1.82, 2.24) is 0 Å². The standard InChI is InChI=1S/C28H28O7/c1-30-23-14-20(15-24(18-23)31-2)7-6-19-8-11-22(12-9-19)35-27(29)13-10-21-16-25(32-3)28(34-5)26(17-21)33-4/h6-18H,1-5H3/b7-6+,13-10+. The summed E-state index contributed by atoms with van der Waals surface area (Å²) in [6.45, 7) is 0. The molecule has 3 rings (SSSR count). The lowest BCUT2D eigenvalue weighted by atomic mass is 10.1. The van der Waals surface area contributed by atoms with Gasteiger partial charge >= 0.3 is 5.97 Å². The Kier molecular flexibility index (Phi) is 8.78. The first-order valence-corrected chi connectivity index (χ1v) is 10.7. The van der Waals surface area contributed by atoms with Crippen LogP contribution in [0.25, 0.3) is 18.2 Å². The van der Waals surface area contributed by atoms with Crippen LogP contribution >= 0.6 is 0 Å². The van der Waals surface area contributed by atoms with Crippen LogP contribution in [0, 0.1) is 0 Å². The van der Waals surface area contributed by atoms with Crippen molar-refractivity contribution < 1.29 is 33.2 Å². The minimum atomic E-state index is -0.509. The Morgan fingerprint density at radius 1 is 0.571 bits per heavy atom. The Bertz CT molecular complexity index is 1160. The average Bonchev–Trinajstić information content (AvgIpc) is 2.90. The van der Waals surface area contributed by atoms with E-state index in [1.807, 2.05) is 42.5 Å². The van der Waals surface area contributed by atoms with Crippen molar-refractivity contribution in [3.8, 4) is 34.5 Å². The van der Waals surface area contributed by atoms with Crippen molar-refractivity contribution in [3.63, 3.8) is 0 Å². The van der Waals surface area contributed by atoms with Crippen LogP contribution in [0.3, 0.4) is 0 Å². The normalized spacial score (nSPS) is 10.9. The number of carbonyl (C=O) groups excluding carboxylic acids is 1. The van der Waals surface area contributed by atoms with Gasteiger partial charge in [-0.2, -0.15) is 0 Å². The zero-order valence-corrected chi connectivity index (χ0v) is 20.4.